The summed E-state index contributed by atoms with van der Waals surface area (Å²) in [6, 6.07) is 9.34. The van der Waals surface area contributed by atoms with Crippen LogP contribution in [0, 0.1) is 0 Å². The van der Waals surface area contributed by atoms with Gasteiger partial charge in [0, 0.05) is 18.7 Å². The summed E-state index contributed by atoms with van der Waals surface area (Å²) in [5, 5.41) is 3.24. The molecule has 1 fully saturated rings. The number of nitrogens with zero attached hydrogens (tertiary/aromatic N) is 1. The van der Waals surface area contributed by atoms with Crippen molar-refractivity contribution in [1.82, 2.24) is 4.90 Å². The minimum Gasteiger partial charge on any atom is -0.465 e. The Morgan fingerprint density at radius 3 is 2.50 bits per heavy atom. The average Bonchev–Trinajstić information content (AvgIpc) is 2.96. The van der Waals surface area contributed by atoms with Crippen molar-refractivity contribution in [2.45, 2.75) is 26.1 Å². The first-order valence-electron chi connectivity index (χ1n) is 9.02. The lowest BCUT2D eigenvalue weighted by molar-refractivity contribution is -0.121. The molecule has 1 N–H and O–H groups in total. The number of rotatable bonds is 5. The molecule has 6 nitrogen and oxygen atoms in total. The van der Waals surface area contributed by atoms with Gasteiger partial charge in [-0.3, -0.25) is 9.69 Å². The van der Waals surface area contributed by atoms with Crippen LogP contribution in [-0.4, -0.2) is 55.7 Å². The first-order valence-corrected chi connectivity index (χ1v) is 10.2. The summed E-state index contributed by atoms with van der Waals surface area (Å²) in [4.78, 5) is 27.1. The van der Waals surface area contributed by atoms with Gasteiger partial charge in [0.15, 0.2) is 0 Å². The Balaban J connectivity index is 1.83. The fraction of sp³-hybridized carbons (Fsp3) is 0.400. The molecule has 0 bridgehead atoms. The molecule has 1 saturated heterocycles. The highest BCUT2D eigenvalue weighted by Gasteiger charge is 2.28. The predicted molar refractivity (Wildman–Crippen MR) is 111 cm³/mol. The molecule has 1 aromatic carbocycles. The second-order valence-electron chi connectivity index (χ2n) is 6.81. The lowest BCUT2D eigenvalue weighted by atomic mass is 10.0. The van der Waals surface area contributed by atoms with Crippen molar-refractivity contribution in [3.8, 4) is 11.1 Å². The highest BCUT2D eigenvalue weighted by molar-refractivity contribution is 7.21. The van der Waals surface area contributed by atoms with Crippen molar-refractivity contribution in [1.29, 1.82) is 0 Å². The van der Waals surface area contributed by atoms with E-state index in [1.54, 1.807) is 0 Å². The van der Waals surface area contributed by atoms with Gasteiger partial charge < -0.3 is 14.8 Å². The summed E-state index contributed by atoms with van der Waals surface area (Å²) in [6.07, 6.45) is 0.145. The summed E-state index contributed by atoms with van der Waals surface area (Å²) in [7, 11) is 1.31. The Morgan fingerprint density at radius 1 is 1.25 bits per heavy atom. The number of hydrogen-bond donors (Lipinski definition) is 1. The molecular formula is C20H23ClN2O4S. The molecule has 1 aromatic heterocycles. The average molecular weight is 423 g/mol. The Bertz CT molecular complexity index is 845. The molecule has 0 unspecified atom stereocenters. The highest BCUT2D eigenvalue weighted by Crippen LogP contribution is 2.43. The van der Waals surface area contributed by atoms with E-state index in [0.717, 1.165) is 16.9 Å². The lowest BCUT2D eigenvalue weighted by Gasteiger charge is -2.34. The summed E-state index contributed by atoms with van der Waals surface area (Å²) >= 11 is 7.59. The van der Waals surface area contributed by atoms with Gasteiger partial charge >= 0.3 is 5.97 Å². The fourth-order valence-corrected chi connectivity index (χ4v) is 4.82. The Hall–Kier alpha value is -1.93. The second-order valence-corrected chi connectivity index (χ2v) is 8.43. The molecule has 8 heteroatoms. The second kappa shape index (κ2) is 9.05. The van der Waals surface area contributed by atoms with Crippen molar-refractivity contribution in [2.24, 2.45) is 0 Å². The summed E-state index contributed by atoms with van der Waals surface area (Å²) in [6.45, 7) is 5.56. The van der Waals surface area contributed by atoms with Gasteiger partial charge in [0.1, 0.15) is 14.9 Å². The van der Waals surface area contributed by atoms with E-state index in [9.17, 15) is 9.59 Å². The van der Waals surface area contributed by atoms with Gasteiger partial charge in [0.2, 0.25) is 5.91 Å². The van der Waals surface area contributed by atoms with E-state index in [2.05, 4.69) is 5.32 Å². The maximum Gasteiger partial charge on any atom is 0.341 e. The van der Waals surface area contributed by atoms with E-state index in [0.29, 0.717) is 28.0 Å². The van der Waals surface area contributed by atoms with Crippen LogP contribution < -0.4 is 5.32 Å². The van der Waals surface area contributed by atoms with Gasteiger partial charge in [-0.25, -0.2) is 4.79 Å². The van der Waals surface area contributed by atoms with Gasteiger partial charge in [-0.2, -0.15) is 0 Å². The number of carbonyl (C=O) groups is 2. The topological polar surface area (TPSA) is 67.9 Å². The molecule has 0 spiro atoms. The van der Waals surface area contributed by atoms with Crippen LogP contribution in [0.15, 0.2) is 30.3 Å². The Labute approximate surface area is 173 Å². The Kier molecular flexibility index (Phi) is 6.72. The van der Waals surface area contributed by atoms with Crippen LogP contribution in [-0.2, 0) is 14.3 Å². The standard InChI is InChI=1S/C20H23ClN2O4S/c1-12-9-23(10-13(2)27-12)11-15(24)22-19-17(20(25)26-3)16(18(21)28-19)14-7-5-4-6-8-14/h4-8,12-13H,9-11H2,1-3H3,(H,22,24)/t12-,13-/m0/s1. The van der Waals surface area contributed by atoms with E-state index >= 15 is 0 Å². The number of carbonyl (C=O) groups excluding carboxylic acids is 2. The minimum atomic E-state index is -0.536. The zero-order valence-corrected chi connectivity index (χ0v) is 17.6. The van der Waals surface area contributed by atoms with E-state index in [-0.39, 0.29) is 30.2 Å². The molecule has 1 aliphatic rings. The third kappa shape index (κ3) is 4.72. The van der Waals surface area contributed by atoms with Crippen molar-refractivity contribution in [3.63, 3.8) is 0 Å². The summed E-state index contributed by atoms with van der Waals surface area (Å²) in [5.41, 5.74) is 1.64. The fourth-order valence-electron chi connectivity index (χ4n) is 3.43. The van der Waals surface area contributed by atoms with E-state index < -0.39 is 5.97 Å². The highest BCUT2D eigenvalue weighted by atomic mass is 35.5. The number of methoxy groups -OCH3 is 1. The zero-order chi connectivity index (χ0) is 20.3. The SMILES string of the molecule is COC(=O)c1c(NC(=O)CN2C[C@H](C)O[C@@H](C)C2)sc(Cl)c1-c1ccccc1. The van der Waals surface area contributed by atoms with Gasteiger partial charge in [0.25, 0.3) is 0 Å². The van der Waals surface area contributed by atoms with Gasteiger partial charge in [0.05, 0.1) is 25.9 Å². The first-order chi connectivity index (χ1) is 13.4. The smallest absolute Gasteiger partial charge is 0.341 e. The maximum atomic E-state index is 12.6. The van der Waals surface area contributed by atoms with Gasteiger partial charge in [-0.1, -0.05) is 41.9 Å². The predicted octanol–water partition coefficient (Wildman–Crippen LogP) is 3.90. The third-order valence-corrected chi connectivity index (χ3v) is 5.75. The van der Waals surface area contributed by atoms with Crippen molar-refractivity contribution < 1.29 is 19.1 Å². The van der Waals surface area contributed by atoms with Crippen molar-refractivity contribution in [2.75, 3.05) is 32.1 Å². The van der Waals surface area contributed by atoms with Crippen LogP contribution in [0.5, 0.6) is 0 Å². The number of thiophene rings is 1. The number of morpholine rings is 1. The lowest BCUT2D eigenvalue weighted by Crippen LogP contribution is -2.48. The number of esters is 1. The molecule has 1 aliphatic heterocycles. The number of hydrogen-bond acceptors (Lipinski definition) is 6. The molecule has 1 amide bonds. The van der Waals surface area contributed by atoms with Crippen LogP contribution in [0.25, 0.3) is 11.1 Å². The van der Waals surface area contributed by atoms with Crippen molar-refractivity contribution >= 4 is 39.8 Å². The number of anilines is 1. The van der Waals surface area contributed by atoms with E-state index in [1.807, 2.05) is 49.1 Å². The molecule has 2 aromatic rings. The molecule has 0 radical (unpaired) electrons. The van der Waals surface area contributed by atoms with Crippen LogP contribution >= 0.6 is 22.9 Å². The monoisotopic (exact) mass is 422 g/mol. The quantitative estimate of drug-likeness (QED) is 0.740. The molecule has 3 rings (SSSR count). The van der Waals surface area contributed by atoms with Crippen LogP contribution in [0.4, 0.5) is 5.00 Å². The molecule has 150 valence electrons. The molecule has 0 saturated carbocycles. The molecular weight excluding hydrogens is 400 g/mol. The number of amides is 1. The molecule has 2 atom stereocenters. The largest absolute Gasteiger partial charge is 0.465 e. The first kappa shape index (κ1) is 20.8. The van der Waals surface area contributed by atoms with Crippen LogP contribution in [0.1, 0.15) is 24.2 Å². The van der Waals surface area contributed by atoms with Crippen LogP contribution in [0.2, 0.25) is 4.34 Å². The number of ether oxygens (including phenoxy) is 2. The summed E-state index contributed by atoms with van der Waals surface area (Å²) in [5.74, 6) is -0.741. The number of benzene rings is 1. The van der Waals surface area contributed by atoms with Gasteiger partial charge in [-0.05, 0) is 19.4 Å². The maximum absolute atomic E-state index is 12.6. The summed E-state index contributed by atoms with van der Waals surface area (Å²) < 4.78 is 11.1. The normalized spacial score (nSPS) is 20.0. The Morgan fingerprint density at radius 2 is 1.89 bits per heavy atom. The minimum absolute atomic E-state index is 0.0723. The third-order valence-electron chi connectivity index (χ3n) is 4.43. The van der Waals surface area contributed by atoms with Crippen LogP contribution in [0.3, 0.4) is 0 Å². The van der Waals surface area contributed by atoms with Crippen molar-refractivity contribution in [3.05, 3.63) is 40.2 Å². The molecule has 2 heterocycles. The number of nitrogens with one attached hydrogen (secondary N) is 1. The van der Waals surface area contributed by atoms with E-state index in [1.165, 1.54) is 7.11 Å². The molecule has 0 aliphatic carbocycles. The van der Waals surface area contributed by atoms with Gasteiger partial charge in [-0.15, -0.1) is 11.3 Å². The van der Waals surface area contributed by atoms with E-state index in [4.69, 9.17) is 21.1 Å². The zero-order valence-electron chi connectivity index (χ0n) is 16.0. The number of halogens is 1. The molecule has 28 heavy (non-hydrogen) atoms.